The lowest BCUT2D eigenvalue weighted by molar-refractivity contribution is -0.132. The van der Waals surface area contributed by atoms with Gasteiger partial charge in [-0.25, -0.2) is 0 Å². The lowest BCUT2D eigenvalue weighted by Crippen LogP contribution is -2.32. The molecule has 1 heterocycles. The van der Waals surface area contributed by atoms with Crippen molar-refractivity contribution in [1.29, 1.82) is 5.26 Å². The van der Waals surface area contributed by atoms with Crippen molar-refractivity contribution in [3.8, 4) is 6.07 Å². The molecule has 2 N–H and O–H groups in total. The predicted molar refractivity (Wildman–Crippen MR) is 105 cm³/mol. The van der Waals surface area contributed by atoms with E-state index in [9.17, 15) is 9.59 Å². The predicted octanol–water partition coefficient (Wildman–Crippen LogP) is 3.37. The summed E-state index contributed by atoms with van der Waals surface area (Å²) in [5.74, 6) is -0.761. The summed E-state index contributed by atoms with van der Waals surface area (Å²) in [6.45, 7) is 4.35. The minimum atomic E-state index is -0.779. The van der Waals surface area contributed by atoms with Crippen LogP contribution in [0, 0.1) is 17.2 Å². The van der Waals surface area contributed by atoms with E-state index in [2.05, 4.69) is 22.5 Å². The Morgan fingerprint density at radius 1 is 1.00 bits per heavy atom. The second-order valence-electron chi connectivity index (χ2n) is 6.82. The highest BCUT2D eigenvalue weighted by atomic mass is 16.2. The van der Waals surface area contributed by atoms with Gasteiger partial charge in [-0.15, -0.1) is 0 Å². The summed E-state index contributed by atoms with van der Waals surface area (Å²) < 4.78 is 0. The average Bonchev–Trinajstić information content (AvgIpc) is 2.69. The van der Waals surface area contributed by atoms with Gasteiger partial charge in [-0.3, -0.25) is 9.59 Å². The number of carbonyl (C=O) groups excluding carboxylic acids is 2. The van der Waals surface area contributed by atoms with Crippen molar-refractivity contribution in [3.05, 3.63) is 54.1 Å². The molecule has 138 valence electrons. The van der Waals surface area contributed by atoms with E-state index in [0.717, 1.165) is 24.7 Å². The van der Waals surface area contributed by atoms with E-state index in [1.54, 1.807) is 30.3 Å². The Morgan fingerprint density at radius 2 is 1.63 bits per heavy atom. The molecule has 0 aliphatic carbocycles. The molecule has 2 aromatic carbocycles. The first-order valence-electron chi connectivity index (χ1n) is 9.02. The Labute approximate surface area is 158 Å². The van der Waals surface area contributed by atoms with E-state index in [-0.39, 0.29) is 0 Å². The van der Waals surface area contributed by atoms with E-state index in [1.165, 1.54) is 18.9 Å². The Morgan fingerprint density at radius 3 is 2.26 bits per heavy atom. The molecule has 0 bridgehead atoms. The van der Waals surface area contributed by atoms with Crippen LogP contribution in [-0.2, 0) is 9.59 Å². The molecule has 6 heteroatoms. The van der Waals surface area contributed by atoms with E-state index in [1.807, 2.05) is 18.2 Å². The molecule has 0 spiro atoms. The van der Waals surface area contributed by atoms with Gasteiger partial charge in [0, 0.05) is 30.2 Å². The lowest BCUT2D eigenvalue weighted by atomic mass is 9.99. The number of rotatable bonds is 3. The zero-order chi connectivity index (χ0) is 19.2. The molecule has 3 rings (SSSR count). The quantitative estimate of drug-likeness (QED) is 0.820. The number of piperidine rings is 1. The number of carbonyl (C=O) groups is 2. The molecule has 1 fully saturated rings. The molecule has 0 radical (unpaired) electrons. The second kappa shape index (κ2) is 8.37. The van der Waals surface area contributed by atoms with E-state index in [0.29, 0.717) is 16.9 Å². The van der Waals surface area contributed by atoms with Gasteiger partial charge in [0.15, 0.2) is 0 Å². The van der Waals surface area contributed by atoms with Gasteiger partial charge in [0.05, 0.1) is 11.6 Å². The highest BCUT2D eigenvalue weighted by molar-refractivity contribution is 6.43. The Kier molecular flexibility index (Phi) is 5.72. The molecule has 0 unspecified atom stereocenters. The minimum Gasteiger partial charge on any atom is -0.372 e. The smallest absolute Gasteiger partial charge is 0.314 e. The van der Waals surface area contributed by atoms with Crippen LogP contribution in [-0.4, -0.2) is 24.9 Å². The van der Waals surface area contributed by atoms with Crippen molar-refractivity contribution in [2.24, 2.45) is 5.92 Å². The molecule has 1 aliphatic heterocycles. The van der Waals surface area contributed by atoms with Crippen molar-refractivity contribution in [2.45, 2.75) is 19.8 Å². The molecule has 0 atom stereocenters. The summed E-state index contributed by atoms with van der Waals surface area (Å²) in [4.78, 5) is 26.5. The second-order valence-corrected chi connectivity index (χ2v) is 6.82. The van der Waals surface area contributed by atoms with Crippen LogP contribution in [0.3, 0.4) is 0 Å². The zero-order valence-corrected chi connectivity index (χ0v) is 15.2. The number of hydrogen-bond acceptors (Lipinski definition) is 4. The van der Waals surface area contributed by atoms with Crippen molar-refractivity contribution in [3.63, 3.8) is 0 Å². The molecule has 6 nitrogen and oxygen atoms in total. The third-order valence-corrected chi connectivity index (χ3v) is 4.73. The normalized spacial score (nSPS) is 14.3. The first-order valence-corrected chi connectivity index (χ1v) is 9.02. The van der Waals surface area contributed by atoms with Gasteiger partial charge in [0.1, 0.15) is 0 Å². The summed E-state index contributed by atoms with van der Waals surface area (Å²) in [5.41, 5.74) is 2.51. The van der Waals surface area contributed by atoms with Gasteiger partial charge in [0.2, 0.25) is 0 Å². The number of nitrogens with zero attached hydrogens (tertiary/aromatic N) is 2. The first kappa shape index (κ1) is 18.5. The van der Waals surface area contributed by atoms with Gasteiger partial charge in [-0.2, -0.15) is 5.26 Å². The van der Waals surface area contributed by atoms with E-state index >= 15 is 0 Å². The van der Waals surface area contributed by atoms with Gasteiger partial charge in [-0.05, 0) is 61.2 Å². The standard InChI is InChI=1S/C21H22N4O2/c1-15-9-11-25(12-10-15)19-7-5-17(6-8-19)23-20(26)21(27)24-18-4-2-3-16(13-18)14-22/h2-8,13,15H,9-12H2,1H3,(H,23,26)(H,24,27). The van der Waals surface area contributed by atoms with Gasteiger partial charge in [0.25, 0.3) is 0 Å². The van der Waals surface area contributed by atoms with Crippen LogP contribution in [0.4, 0.5) is 17.1 Å². The maximum Gasteiger partial charge on any atom is 0.314 e. The highest BCUT2D eigenvalue weighted by Gasteiger charge is 2.17. The summed E-state index contributed by atoms with van der Waals surface area (Å²) in [6.07, 6.45) is 2.37. The topological polar surface area (TPSA) is 85.2 Å². The van der Waals surface area contributed by atoms with Crippen LogP contribution in [0.15, 0.2) is 48.5 Å². The first-order chi connectivity index (χ1) is 13.0. The van der Waals surface area contributed by atoms with Crippen LogP contribution in [0.1, 0.15) is 25.3 Å². The average molecular weight is 362 g/mol. The van der Waals surface area contributed by atoms with Crippen LogP contribution in [0.25, 0.3) is 0 Å². The van der Waals surface area contributed by atoms with E-state index in [4.69, 9.17) is 5.26 Å². The van der Waals surface area contributed by atoms with Gasteiger partial charge < -0.3 is 15.5 Å². The third kappa shape index (κ3) is 4.85. The SMILES string of the molecule is CC1CCN(c2ccc(NC(=O)C(=O)Nc3cccc(C#N)c3)cc2)CC1. The number of amides is 2. The molecule has 27 heavy (non-hydrogen) atoms. The monoisotopic (exact) mass is 362 g/mol. The largest absolute Gasteiger partial charge is 0.372 e. The summed E-state index contributed by atoms with van der Waals surface area (Å²) in [5, 5.41) is 14.0. The molecule has 0 saturated carbocycles. The number of anilines is 3. The molecule has 1 saturated heterocycles. The minimum absolute atomic E-state index is 0.406. The fourth-order valence-corrected chi connectivity index (χ4v) is 3.06. The molecular formula is C21H22N4O2. The van der Waals surface area contributed by atoms with Crippen molar-refractivity contribution in [1.82, 2.24) is 0 Å². The van der Waals surface area contributed by atoms with Crippen LogP contribution in [0.5, 0.6) is 0 Å². The van der Waals surface area contributed by atoms with E-state index < -0.39 is 11.8 Å². The number of hydrogen-bond donors (Lipinski definition) is 2. The van der Waals surface area contributed by atoms with Crippen molar-refractivity contribution in [2.75, 3.05) is 28.6 Å². The summed E-state index contributed by atoms with van der Waals surface area (Å²) >= 11 is 0. The van der Waals surface area contributed by atoms with Crippen LogP contribution in [0.2, 0.25) is 0 Å². The number of benzene rings is 2. The van der Waals surface area contributed by atoms with Crippen LogP contribution >= 0.6 is 0 Å². The number of nitrogens with one attached hydrogen (secondary N) is 2. The third-order valence-electron chi connectivity index (χ3n) is 4.73. The number of nitriles is 1. The molecule has 2 amide bonds. The maximum absolute atomic E-state index is 12.1. The Hall–Kier alpha value is -3.33. The Bertz CT molecular complexity index is 862. The van der Waals surface area contributed by atoms with Gasteiger partial charge in [-0.1, -0.05) is 13.0 Å². The van der Waals surface area contributed by atoms with Gasteiger partial charge >= 0.3 is 11.8 Å². The zero-order valence-electron chi connectivity index (χ0n) is 15.2. The fraction of sp³-hybridized carbons (Fsp3) is 0.286. The molecule has 1 aliphatic rings. The maximum atomic E-state index is 12.1. The Balaban J connectivity index is 1.57. The van der Waals surface area contributed by atoms with Crippen molar-refractivity contribution >= 4 is 28.9 Å². The highest BCUT2D eigenvalue weighted by Crippen LogP contribution is 2.24. The summed E-state index contributed by atoms with van der Waals surface area (Å²) in [6, 6.07) is 15.9. The van der Waals surface area contributed by atoms with Crippen molar-refractivity contribution < 1.29 is 9.59 Å². The molecule has 2 aromatic rings. The lowest BCUT2D eigenvalue weighted by Gasteiger charge is -2.32. The summed E-state index contributed by atoms with van der Waals surface area (Å²) in [7, 11) is 0. The van der Waals surface area contributed by atoms with Crippen LogP contribution < -0.4 is 15.5 Å². The fourth-order valence-electron chi connectivity index (χ4n) is 3.06. The molecular weight excluding hydrogens is 340 g/mol. The molecule has 0 aromatic heterocycles.